The van der Waals surface area contributed by atoms with Crippen molar-refractivity contribution >= 4 is 29.1 Å². The van der Waals surface area contributed by atoms with Crippen molar-refractivity contribution < 1.29 is 14.6 Å². The number of carboxylic acid groups (broad SMARTS) is 1. The van der Waals surface area contributed by atoms with Gasteiger partial charge in [-0.25, -0.2) is 4.98 Å². The van der Waals surface area contributed by atoms with E-state index in [-0.39, 0.29) is 5.37 Å². The Labute approximate surface area is 130 Å². The van der Waals surface area contributed by atoms with Gasteiger partial charge in [-0.3, -0.25) is 10.1 Å². The van der Waals surface area contributed by atoms with Gasteiger partial charge in [0.2, 0.25) is 0 Å². The van der Waals surface area contributed by atoms with E-state index in [0.29, 0.717) is 5.75 Å². The molecule has 2 unspecified atom stereocenters. The minimum absolute atomic E-state index is 0.0388. The lowest BCUT2D eigenvalue weighted by Crippen LogP contribution is -2.33. The number of hydrogen-bond donors (Lipinski definition) is 2. The molecule has 1 aliphatic heterocycles. The van der Waals surface area contributed by atoms with Crippen molar-refractivity contribution in [3.63, 3.8) is 0 Å². The van der Waals surface area contributed by atoms with Gasteiger partial charge in [-0.2, -0.15) is 0 Å². The van der Waals surface area contributed by atoms with Crippen LogP contribution in [0.1, 0.15) is 10.4 Å². The first-order chi connectivity index (χ1) is 10.2. The minimum atomic E-state index is -0.808. The predicted octanol–water partition coefficient (Wildman–Crippen LogP) is 2.61. The molecule has 2 aromatic rings. The third-order valence-corrected chi connectivity index (χ3v) is 5.68. The van der Waals surface area contributed by atoms with Crippen LogP contribution in [-0.2, 0) is 4.79 Å². The van der Waals surface area contributed by atoms with Crippen molar-refractivity contribution in [1.82, 2.24) is 10.3 Å². The monoisotopic (exact) mass is 322 g/mol. The van der Waals surface area contributed by atoms with Crippen molar-refractivity contribution in [1.29, 1.82) is 0 Å². The van der Waals surface area contributed by atoms with Crippen LogP contribution in [0.25, 0.3) is 10.4 Å². The molecule has 1 aromatic carbocycles. The summed E-state index contributed by atoms with van der Waals surface area (Å²) in [5.74, 6) is 0.579. The Hall–Kier alpha value is -1.57. The molecule has 0 aliphatic carbocycles. The molecule has 2 N–H and O–H groups in total. The molecule has 110 valence electrons. The van der Waals surface area contributed by atoms with Crippen LogP contribution in [0, 0.1) is 0 Å². The van der Waals surface area contributed by atoms with Crippen molar-refractivity contribution in [3.05, 3.63) is 35.5 Å². The van der Waals surface area contributed by atoms with E-state index in [9.17, 15) is 4.79 Å². The summed E-state index contributed by atoms with van der Waals surface area (Å²) in [5.41, 5.74) is 1.08. The summed E-state index contributed by atoms with van der Waals surface area (Å²) in [6, 6.07) is 7.32. The van der Waals surface area contributed by atoms with Gasteiger partial charge in [0.25, 0.3) is 0 Å². The summed E-state index contributed by atoms with van der Waals surface area (Å²) in [7, 11) is 1.64. The number of thiazole rings is 1. The molecule has 0 bridgehead atoms. The number of rotatable bonds is 4. The smallest absolute Gasteiger partial charge is 0.321 e. The van der Waals surface area contributed by atoms with Crippen LogP contribution < -0.4 is 10.1 Å². The maximum Gasteiger partial charge on any atom is 0.321 e. The third-order valence-electron chi connectivity index (χ3n) is 3.20. The molecule has 2 atom stereocenters. The number of thioether (sulfide) groups is 1. The van der Waals surface area contributed by atoms with Gasteiger partial charge in [0, 0.05) is 11.9 Å². The van der Waals surface area contributed by atoms with Gasteiger partial charge < -0.3 is 9.84 Å². The number of benzene rings is 1. The molecular formula is C14H14N2O3S2. The number of aliphatic carboxylic acids is 1. The lowest BCUT2D eigenvalue weighted by molar-refractivity contribution is -0.138. The largest absolute Gasteiger partial charge is 0.497 e. The minimum Gasteiger partial charge on any atom is -0.497 e. The summed E-state index contributed by atoms with van der Waals surface area (Å²) < 4.78 is 5.14. The first-order valence-electron chi connectivity index (χ1n) is 6.38. The van der Waals surface area contributed by atoms with Crippen LogP contribution in [0.4, 0.5) is 0 Å². The van der Waals surface area contributed by atoms with E-state index in [1.54, 1.807) is 30.2 Å². The SMILES string of the molecule is COc1ccc(-c2cnc(C3NC(C(=O)O)CS3)s2)cc1. The highest BCUT2D eigenvalue weighted by molar-refractivity contribution is 7.99. The molecule has 0 radical (unpaired) electrons. The lowest BCUT2D eigenvalue weighted by atomic mass is 10.2. The van der Waals surface area contributed by atoms with Gasteiger partial charge in [0.1, 0.15) is 22.2 Å². The molecule has 0 amide bonds. The van der Waals surface area contributed by atoms with E-state index < -0.39 is 12.0 Å². The fourth-order valence-electron chi connectivity index (χ4n) is 2.05. The number of hydrogen-bond acceptors (Lipinski definition) is 6. The molecule has 21 heavy (non-hydrogen) atoms. The number of nitrogens with zero attached hydrogens (tertiary/aromatic N) is 1. The van der Waals surface area contributed by atoms with Crippen LogP contribution in [0.15, 0.2) is 30.5 Å². The highest BCUT2D eigenvalue weighted by Crippen LogP contribution is 2.37. The Kier molecular flexibility index (Phi) is 4.14. The van der Waals surface area contributed by atoms with Gasteiger partial charge in [-0.15, -0.1) is 23.1 Å². The molecule has 7 heteroatoms. The second-order valence-electron chi connectivity index (χ2n) is 4.56. The zero-order chi connectivity index (χ0) is 14.8. The predicted molar refractivity (Wildman–Crippen MR) is 83.9 cm³/mol. The zero-order valence-corrected chi connectivity index (χ0v) is 12.9. The number of carbonyl (C=O) groups is 1. The molecule has 1 aliphatic rings. The number of nitrogens with one attached hydrogen (secondary N) is 1. The molecule has 0 saturated carbocycles. The maximum absolute atomic E-state index is 11.0. The van der Waals surface area contributed by atoms with Crippen molar-refractivity contribution in [3.8, 4) is 16.2 Å². The highest BCUT2D eigenvalue weighted by atomic mass is 32.2. The zero-order valence-electron chi connectivity index (χ0n) is 11.3. The number of aromatic nitrogens is 1. The maximum atomic E-state index is 11.0. The van der Waals surface area contributed by atoms with Gasteiger partial charge >= 0.3 is 5.97 Å². The van der Waals surface area contributed by atoms with Crippen molar-refractivity contribution in [2.45, 2.75) is 11.4 Å². The van der Waals surface area contributed by atoms with Crippen LogP contribution in [0.5, 0.6) is 5.75 Å². The fourth-order valence-corrected chi connectivity index (χ4v) is 4.36. The average molecular weight is 322 g/mol. The Bertz CT molecular complexity index is 642. The van der Waals surface area contributed by atoms with Crippen LogP contribution >= 0.6 is 23.1 Å². The quantitative estimate of drug-likeness (QED) is 0.901. The lowest BCUT2D eigenvalue weighted by Gasteiger charge is -2.06. The van der Waals surface area contributed by atoms with E-state index in [1.807, 2.05) is 30.5 Å². The summed E-state index contributed by atoms with van der Waals surface area (Å²) in [5, 5.41) is 13.0. The normalized spacial score (nSPS) is 21.4. The van der Waals surface area contributed by atoms with Crippen molar-refractivity contribution in [2.24, 2.45) is 0 Å². The number of ether oxygens (including phenoxy) is 1. The Morgan fingerprint density at radius 1 is 1.43 bits per heavy atom. The van der Waals surface area contributed by atoms with E-state index in [0.717, 1.165) is 21.2 Å². The Balaban J connectivity index is 1.75. The van der Waals surface area contributed by atoms with E-state index in [2.05, 4.69) is 10.3 Å². The van der Waals surface area contributed by atoms with E-state index >= 15 is 0 Å². The van der Waals surface area contributed by atoms with Gasteiger partial charge in [-0.1, -0.05) is 0 Å². The van der Waals surface area contributed by atoms with E-state index in [4.69, 9.17) is 9.84 Å². The average Bonchev–Trinajstić information content (AvgIpc) is 3.16. The van der Waals surface area contributed by atoms with Gasteiger partial charge in [0.05, 0.1) is 12.0 Å². The summed E-state index contributed by atoms with van der Waals surface area (Å²) in [4.78, 5) is 16.4. The number of carboxylic acids is 1. The second-order valence-corrected chi connectivity index (χ2v) is 6.76. The second kappa shape index (κ2) is 6.05. The Morgan fingerprint density at radius 2 is 2.19 bits per heavy atom. The number of methoxy groups -OCH3 is 1. The van der Waals surface area contributed by atoms with Crippen LogP contribution in [0.2, 0.25) is 0 Å². The standard InChI is InChI=1S/C14H14N2O3S2/c1-19-9-4-2-8(3-5-9)11-6-15-12(21-11)13-16-10(7-20-13)14(17)18/h2-6,10,13,16H,7H2,1H3,(H,17,18). The highest BCUT2D eigenvalue weighted by Gasteiger charge is 2.31. The molecule has 0 spiro atoms. The third kappa shape index (κ3) is 3.04. The molecule has 1 aromatic heterocycles. The van der Waals surface area contributed by atoms with Crippen LogP contribution in [-0.4, -0.2) is 35.0 Å². The Morgan fingerprint density at radius 3 is 2.81 bits per heavy atom. The molecule has 2 heterocycles. The first-order valence-corrected chi connectivity index (χ1v) is 8.24. The summed E-state index contributed by atoms with van der Waals surface area (Å²) in [6.45, 7) is 0. The molecule has 5 nitrogen and oxygen atoms in total. The van der Waals surface area contributed by atoms with Crippen molar-refractivity contribution in [2.75, 3.05) is 12.9 Å². The summed E-state index contributed by atoms with van der Waals surface area (Å²) >= 11 is 3.16. The first kappa shape index (κ1) is 14.4. The van der Waals surface area contributed by atoms with Gasteiger partial charge in [-0.05, 0) is 29.8 Å². The molecule has 3 rings (SSSR count). The van der Waals surface area contributed by atoms with E-state index in [1.165, 1.54) is 0 Å². The molecular weight excluding hydrogens is 308 g/mol. The topological polar surface area (TPSA) is 71.5 Å². The summed E-state index contributed by atoms with van der Waals surface area (Å²) in [6.07, 6.45) is 1.83. The molecule has 1 fully saturated rings. The molecule has 1 saturated heterocycles. The van der Waals surface area contributed by atoms with Gasteiger partial charge in [0.15, 0.2) is 0 Å². The van der Waals surface area contributed by atoms with Crippen LogP contribution in [0.3, 0.4) is 0 Å². The fraction of sp³-hybridized carbons (Fsp3) is 0.286.